The molecule has 3 heteroatoms. The van der Waals surface area contributed by atoms with Crippen LogP contribution in [0.4, 0.5) is 0 Å². The summed E-state index contributed by atoms with van der Waals surface area (Å²) in [6.45, 7) is 0.662. The fourth-order valence-corrected chi connectivity index (χ4v) is 2.95. The molecule has 2 aromatic carbocycles. The second kappa shape index (κ2) is 4.30. The number of carbonyl (C=O) groups excluding carboxylic acids is 1. The van der Waals surface area contributed by atoms with Crippen molar-refractivity contribution in [3.05, 3.63) is 71.3 Å². The topological polar surface area (TPSA) is 32.7 Å². The van der Waals surface area contributed by atoms with Crippen molar-refractivity contribution in [2.45, 2.75) is 19.0 Å². The van der Waals surface area contributed by atoms with Crippen LogP contribution in [0, 0.1) is 0 Å². The van der Waals surface area contributed by atoms with Crippen LogP contribution in [0.2, 0.25) is 0 Å². The highest BCUT2D eigenvalue weighted by molar-refractivity contribution is 6.12. The lowest BCUT2D eigenvalue weighted by Crippen LogP contribution is -2.36. The Bertz CT molecular complexity index is 706. The third-order valence-corrected chi connectivity index (χ3v) is 3.97. The minimum absolute atomic E-state index is 0.0545. The molecule has 0 aromatic heterocycles. The Hall–Kier alpha value is -2.42. The minimum atomic E-state index is -0.0545. The first kappa shape index (κ1) is 11.4. The van der Waals surface area contributed by atoms with E-state index in [1.807, 2.05) is 47.4 Å². The number of hydrogen-bond donors (Lipinski definition) is 0. The van der Waals surface area contributed by atoms with Crippen molar-refractivity contribution >= 4 is 11.7 Å². The molecule has 0 fully saturated rings. The van der Waals surface area contributed by atoms with Gasteiger partial charge in [0.15, 0.2) is 0 Å². The van der Waals surface area contributed by atoms with E-state index in [2.05, 4.69) is 12.1 Å². The van der Waals surface area contributed by atoms with Crippen molar-refractivity contribution in [3.8, 4) is 0 Å². The highest BCUT2D eigenvalue weighted by Gasteiger charge is 2.35. The first-order valence-corrected chi connectivity index (χ1v) is 6.84. The van der Waals surface area contributed by atoms with Crippen LogP contribution in [0.1, 0.15) is 29.2 Å². The molecule has 0 radical (unpaired) electrons. The van der Waals surface area contributed by atoms with E-state index in [9.17, 15) is 4.79 Å². The van der Waals surface area contributed by atoms with E-state index < -0.39 is 0 Å². The van der Waals surface area contributed by atoms with Gasteiger partial charge in [0.2, 0.25) is 5.91 Å². The van der Waals surface area contributed by atoms with Gasteiger partial charge in [-0.15, -0.1) is 0 Å². The molecular weight excluding hydrogens is 248 g/mol. The first-order chi connectivity index (χ1) is 9.83. The quantitative estimate of drug-likeness (QED) is 0.777. The SMILES string of the molecule is O=C1CC(c2ccccc2)N=C2c3ccccc3CN12. The molecule has 2 heterocycles. The maximum atomic E-state index is 12.4. The van der Waals surface area contributed by atoms with E-state index in [0.29, 0.717) is 13.0 Å². The third kappa shape index (κ3) is 1.67. The number of aliphatic imine (C=N–C) groups is 1. The lowest BCUT2D eigenvalue weighted by molar-refractivity contribution is -0.128. The van der Waals surface area contributed by atoms with Crippen molar-refractivity contribution in [3.63, 3.8) is 0 Å². The van der Waals surface area contributed by atoms with Crippen LogP contribution in [0.5, 0.6) is 0 Å². The predicted octanol–water partition coefficient (Wildman–Crippen LogP) is 2.92. The van der Waals surface area contributed by atoms with Gasteiger partial charge in [0, 0.05) is 5.56 Å². The second-order valence-electron chi connectivity index (χ2n) is 5.22. The van der Waals surface area contributed by atoms with Gasteiger partial charge in [0.05, 0.1) is 19.0 Å². The zero-order valence-corrected chi connectivity index (χ0v) is 11.0. The van der Waals surface area contributed by atoms with E-state index in [4.69, 9.17) is 4.99 Å². The van der Waals surface area contributed by atoms with Gasteiger partial charge in [-0.1, -0.05) is 54.6 Å². The highest BCUT2D eigenvalue weighted by atomic mass is 16.2. The molecule has 0 N–H and O–H groups in total. The fourth-order valence-electron chi connectivity index (χ4n) is 2.95. The number of hydrogen-bond acceptors (Lipinski definition) is 2. The normalized spacial score (nSPS) is 20.4. The van der Waals surface area contributed by atoms with Crippen LogP contribution >= 0.6 is 0 Å². The van der Waals surface area contributed by atoms with Crippen LogP contribution in [-0.2, 0) is 11.3 Å². The number of rotatable bonds is 1. The summed E-state index contributed by atoms with van der Waals surface area (Å²) in [5.74, 6) is 1.01. The number of benzene rings is 2. The Kier molecular flexibility index (Phi) is 2.46. The smallest absolute Gasteiger partial charge is 0.230 e. The molecule has 1 atom stereocenters. The number of carbonyl (C=O) groups is 1. The molecule has 0 spiro atoms. The highest BCUT2D eigenvalue weighted by Crippen LogP contribution is 2.33. The Morgan fingerprint density at radius 1 is 1.00 bits per heavy atom. The Balaban J connectivity index is 1.81. The lowest BCUT2D eigenvalue weighted by Gasteiger charge is -2.26. The first-order valence-electron chi connectivity index (χ1n) is 6.84. The second-order valence-corrected chi connectivity index (χ2v) is 5.22. The summed E-state index contributed by atoms with van der Waals surface area (Å²) >= 11 is 0. The van der Waals surface area contributed by atoms with Gasteiger partial charge in [0.25, 0.3) is 0 Å². The average Bonchev–Trinajstić information content (AvgIpc) is 2.88. The van der Waals surface area contributed by atoms with Crippen LogP contribution < -0.4 is 0 Å². The van der Waals surface area contributed by atoms with Gasteiger partial charge < -0.3 is 0 Å². The summed E-state index contributed by atoms with van der Waals surface area (Å²) in [4.78, 5) is 19.0. The number of amides is 1. The minimum Gasteiger partial charge on any atom is -0.292 e. The van der Waals surface area contributed by atoms with E-state index in [1.54, 1.807) is 0 Å². The molecule has 98 valence electrons. The monoisotopic (exact) mass is 262 g/mol. The van der Waals surface area contributed by atoms with Crippen molar-refractivity contribution in [1.29, 1.82) is 0 Å². The molecule has 3 nitrogen and oxygen atoms in total. The number of nitrogens with zero attached hydrogens (tertiary/aromatic N) is 2. The zero-order valence-electron chi connectivity index (χ0n) is 11.0. The average molecular weight is 262 g/mol. The van der Waals surface area contributed by atoms with Crippen molar-refractivity contribution in [2.24, 2.45) is 4.99 Å². The fraction of sp³-hybridized carbons (Fsp3) is 0.176. The Morgan fingerprint density at radius 3 is 2.60 bits per heavy atom. The standard InChI is InChI=1S/C17H14N2O/c20-16-10-15(12-6-2-1-3-7-12)18-17-14-9-5-4-8-13(14)11-19(16)17/h1-9,15H,10-11H2. The molecular formula is C17H14N2O. The maximum Gasteiger partial charge on any atom is 0.230 e. The van der Waals surface area contributed by atoms with Gasteiger partial charge in [-0.25, -0.2) is 0 Å². The molecule has 20 heavy (non-hydrogen) atoms. The van der Waals surface area contributed by atoms with Crippen molar-refractivity contribution < 1.29 is 4.79 Å². The van der Waals surface area contributed by atoms with E-state index in [-0.39, 0.29) is 11.9 Å². The van der Waals surface area contributed by atoms with Crippen LogP contribution in [-0.4, -0.2) is 16.6 Å². The molecule has 4 rings (SSSR count). The predicted molar refractivity (Wildman–Crippen MR) is 77.3 cm³/mol. The lowest BCUT2D eigenvalue weighted by atomic mass is 10.0. The summed E-state index contributed by atoms with van der Waals surface area (Å²) in [6.07, 6.45) is 0.460. The molecule has 1 unspecified atom stereocenters. The van der Waals surface area contributed by atoms with Crippen molar-refractivity contribution in [2.75, 3.05) is 0 Å². The maximum absolute atomic E-state index is 12.4. The van der Waals surface area contributed by atoms with E-state index in [1.165, 1.54) is 5.56 Å². The number of fused-ring (bicyclic) bond motifs is 3. The van der Waals surface area contributed by atoms with Gasteiger partial charge in [0.1, 0.15) is 5.84 Å². The molecule has 1 amide bonds. The molecule has 0 bridgehead atoms. The van der Waals surface area contributed by atoms with Crippen LogP contribution in [0.25, 0.3) is 0 Å². The largest absolute Gasteiger partial charge is 0.292 e. The van der Waals surface area contributed by atoms with E-state index >= 15 is 0 Å². The van der Waals surface area contributed by atoms with Gasteiger partial charge in [-0.2, -0.15) is 0 Å². The molecule has 2 aromatic rings. The molecule has 2 aliphatic heterocycles. The molecule has 0 aliphatic carbocycles. The molecule has 0 saturated carbocycles. The zero-order chi connectivity index (χ0) is 13.5. The summed E-state index contributed by atoms with van der Waals surface area (Å²) in [6, 6.07) is 18.1. The Labute approximate surface area is 117 Å². The number of amidine groups is 1. The summed E-state index contributed by atoms with van der Waals surface area (Å²) in [7, 11) is 0. The molecule has 0 saturated heterocycles. The Morgan fingerprint density at radius 2 is 1.75 bits per heavy atom. The van der Waals surface area contributed by atoms with Crippen molar-refractivity contribution in [1.82, 2.24) is 4.90 Å². The van der Waals surface area contributed by atoms with Gasteiger partial charge >= 0.3 is 0 Å². The summed E-state index contributed by atoms with van der Waals surface area (Å²) in [5, 5.41) is 0. The molecule has 2 aliphatic rings. The summed E-state index contributed by atoms with van der Waals surface area (Å²) in [5.41, 5.74) is 3.40. The van der Waals surface area contributed by atoms with Crippen LogP contribution in [0.3, 0.4) is 0 Å². The summed E-state index contributed by atoms with van der Waals surface area (Å²) < 4.78 is 0. The van der Waals surface area contributed by atoms with E-state index in [0.717, 1.165) is 17.0 Å². The third-order valence-electron chi connectivity index (χ3n) is 3.97. The van der Waals surface area contributed by atoms with Gasteiger partial charge in [-0.05, 0) is 11.1 Å². The van der Waals surface area contributed by atoms with Gasteiger partial charge in [-0.3, -0.25) is 14.7 Å². The van der Waals surface area contributed by atoms with Crippen LogP contribution in [0.15, 0.2) is 59.6 Å².